The summed E-state index contributed by atoms with van der Waals surface area (Å²) in [5.41, 5.74) is -0.537. The van der Waals surface area contributed by atoms with E-state index in [1.54, 1.807) is 0 Å². The van der Waals surface area contributed by atoms with Crippen molar-refractivity contribution in [2.24, 2.45) is 0 Å². The number of ether oxygens (including phenoxy) is 1. The molecule has 1 rings (SSSR count). The predicted octanol–water partition coefficient (Wildman–Crippen LogP) is 1.57. The topological polar surface area (TPSA) is 102 Å². The zero-order valence-electron chi connectivity index (χ0n) is 10.8. The third kappa shape index (κ3) is 4.47. The number of carboxylic acid groups (broad SMARTS) is 1. The molecule has 0 spiro atoms. The number of carboxylic acids is 1. The van der Waals surface area contributed by atoms with E-state index in [4.69, 9.17) is 9.84 Å². The summed E-state index contributed by atoms with van der Waals surface area (Å²) in [5.74, 6) is -2.05. The van der Waals surface area contributed by atoms with Crippen LogP contribution >= 0.6 is 0 Å². The molecule has 1 aromatic carbocycles. The summed E-state index contributed by atoms with van der Waals surface area (Å²) in [4.78, 5) is 20.9. The molecule has 8 heteroatoms. The van der Waals surface area contributed by atoms with Crippen LogP contribution in [0.1, 0.15) is 13.3 Å². The molecule has 7 nitrogen and oxygen atoms in total. The number of hydrogen-bond acceptors (Lipinski definition) is 5. The van der Waals surface area contributed by atoms with Gasteiger partial charge in [0, 0.05) is 0 Å². The molecule has 2 N–H and O–H groups in total. The first-order valence-electron chi connectivity index (χ1n) is 5.98. The first kappa shape index (κ1) is 15.8. The van der Waals surface area contributed by atoms with Crippen LogP contribution in [0.5, 0.6) is 5.75 Å². The Bertz CT molecular complexity index is 495. The van der Waals surface area contributed by atoms with E-state index in [2.05, 4.69) is 5.32 Å². The van der Waals surface area contributed by atoms with Crippen molar-refractivity contribution >= 4 is 11.7 Å². The standard InChI is InChI=1S/C12H15FN2O5/c1-2-5-14-9(12(16)17)7-20-11-4-3-8(13)6-10(11)15(18)19/h3-4,6,9,14H,2,5,7H2,1H3,(H,16,17). The Morgan fingerprint density at radius 2 is 2.30 bits per heavy atom. The molecule has 0 saturated heterocycles. The van der Waals surface area contributed by atoms with E-state index in [0.29, 0.717) is 6.54 Å². The summed E-state index contributed by atoms with van der Waals surface area (Å²) < 4.78 is 18.1. The van der Waals surface area contributed by atoms with Crippen LogP contribution in [0, 0.1) is 15.9 Å². The van der Waals surface area contributed by atoms with Crippen molar-refractivity contribution in [3.05, 3.63) is 34.1 Å². The molecule has 0 amide bonds. The summed E-state index contributed by atoms with van der Waals surface area (Å²) in [5, 5.41) is 22.4. The molecule has 0 bridgehead atoms. The fourth-order valence-corrected chi connectivity index (χ4v) is 1.46. The maximum Gasteiger partial charge on any atom is 0.324 e. The smallest absolute Gasteiger partial charge is 0.324 e. The van der Waals surface area contributed by atoms with Crippen LogP contribution in [0.25, 0.3) is 0 Å². The predicted molar refractivity (Wildman–Crippen MR) is 68.3 cm³/mol. The van der Waals surface area contributed by atoms with Gasteiger partial charge in [-0.05, 0) is 25.1 Å². The fraction of sp³-hybridized carbons (Fsp3) is 0.417. The van der Waals surface area contributed by atoms with Gasteiger partial charge in [0.05, 0.1) is 11.0 Å². The second-order valence-electron chi connectivity index (χ2n) is 4.03. The average Bonchev–Trinajstić information content (AvgIpc) is 2.39. The van der Waals surface area contributed by atoms with E-state index < -0.39 is 28.4 Å². The number of hydrogen-bond donors (Lipinski definition) is 2. The van der Waals surface area contributed by atoms with Gasteiger partial charge in [0.25, 0.3) is 0 Å². The Labute approximate surface area is 114 Å². The molecule has 0 aliphatic carbocycles. The lowest BCUT2D eigenvalue weighted by atomic mass is 10.2. The second kappa shape index (κ2) is 7.39. The minimum atomic E-state index is -1.12. The Kier molecular flexibility index (Phi) is 5.85. The number of nitrogens with zero attached hydrogens (tertiary/aromatic N) is 1. The van der Waals surface area contributed by atoms with Crippen molar-refractivity contribution < 1.29 is 24.0 Å². The summed E-state index contributed by atoms with van der Waals surface area (Å²) >= 11 is 0. The summed E-state index contributed by atoms with van der Waals surface area (Å²) in [6.07, 6.45) is 0.737. The molecule has 1 atom stereocenters. The van der Waals surface area contributed by atoms with Crippen LogP contribution in [-0.2, 0) is 4.79 Å². The quantitative estimate of drug-likeness (QED) is 0.555. The number of nitro groups is 1. The van der Waals surface area contributed by atoms with Crippen LogP contribution in [-0.4, -0.2) is 35.2 Å². The van der Waals surface area contributed by atoms with E-state index in [1.165, 1.54) is 0 Å². The maximum absolute atomic E-state index is 12.9. The van der Waals surface area contributed by atoms with E-state index in [-0.39, 0.29) is 12.4 Å². The van der Waals surface area contributed by atoms with Crippen LogP contribution in [0.15, 0.2) is 18.2 Å². The number of aliphatic carboxylic acids is 1. The molecule has 0 aliphatic heterocycles. The number of benzene rings is 1. The third-order valence-electron chi connectivity index (χ3n) is 2.46. The molecular formula is C12H15FN2O5. The van der Waals surface area contributed by atoms with Crippen LogP contribution in [0.2, 0.25) is 0 Å². The Hall–Kier alpha value is -2.22. The first-order chi connectivity index (χ1) is 9.45. The highest BCUT2D eigenvalue weighted by Gasteiger charge is 2.21. The summed E-state index contributed by atoms with van der Waals surface area (Å²) in [6.45, 7) is 2.06. The number of halogens is 1. The number of carbonyl (C=O) groups is 1. The molecule has 0 aromatic heterocycles. The van der Waals surface area contributed by atoms with Crippen LogP contribution in [0.4, 0.5) is 10.1 Å². The Balaban J connectivity index is 2.77. The van der Waals surface area contributed by atoms with Crippen molar-refractivity contribution in [1.29, 1.82) is 0 Å². The molecule has 0 saturated carbocycles. The summed E-state index contributed by atoms with van der Waals surface area (Å²) in [7, 11) is 0. The van der Waals surface area contributed by atoms with E-state index in [9.17, 15) is 19.3 Å². The highest BCUT2D eigenvalue weighted by molar-refractivity contribution is 5.73. The fourth-order valence-electron chi connectivity index (χ4n) is 1.46. The monoisotopic (exact) mass is 286 g/mol. The van der Waals surface area contributed by atoms with E-state index >= 15 is 0 Å². The lowest BCUT2D eigenvalue weighted by Crippen LogP contribution is -2.41. The van der Waals surface area contributed by atoms with Gasteiger partial charge in [0.1, 0.15) is 18.5 Å². The molecule has 110 valence electrons. The van der Waals surface area contributed by atoms with Crippen molar-refractivity contribution in [1.82, 2.24) is 5.32 Å². The van der Waals surface area contributed by atoms with Gasteiger partial charge in [-0.1, -0.05) is 6.92 Å². The zero-order valence-corrected chi connectivity index (χ0v) is 10.8. The van der Waals surface area contributed by atoms with Crippen molar-refractivity contribution in [3.63, 3.8) is 0 Å². The largest absolute Gasteiger partial charge is 0.485 e. The van der Waals surface area contributed by atoms with Gasteiger partial charge >= 0.3 is 11.7 Å². The van der Waals surface area contributed by atoms with Gasteiger partial charge in [0.2, 0.25) is 0 Å². The molecule has 1 aromatic rings. The third-order valence-corrected chi connectivity index (χ3v) is 2.46. The van der Waals surface area contributed by atoms with Gasteiger partial charge < -0.3 is 15.2 Å². The first-order valence-corrected chi connectivity index (χ1v) is 5.98. The summed E-state index contributed by atoms with van der Waals surface area (Å²) in [6, 6.07) is 1.86. The highest BCUT2D eigenvalue weighted by Crippen LogP contribution is 2.27. The van der Waals surface area contributed by atoms with Gasteiger partial charge in [0.15, 0.2) is 5.75 Å². The molecule has 0 heterocycles. The van der Waals surface area contributed by atoms with Crippen molar-refractivity contribution in [2.45, 2.75) is 19.4 Å². The van der Waals surface area contributed by atoms with E-state index in [1.807, 2.05) is 6.92 Å². The van der Waals surface area contributed by atoms with Gasteiger partial charge in [-0.3, -0.25) is 14.9 Å². The average molecular weight is 286 g/mol. The SMILES string of the molecule is CCCNC(COc1ccc(F)cc1[N+](=O)[O-])C(=O)O. The van der Waals surface area contributed by atoms with Crippen molar-refractivity contribution in [2.75, 3.05) is 13.2 Å². The number of nitrogens with one attached hydrogen (secondary N) is 1. The van der Waals surface area contributed by atoms with Crippen LogP contribution in [0.3, 0.4) is 0 Å². The Morgan fingerprint density at radius 3 is 2.85 bits per heavy atom. The number of nitro benzene ring substituents is 1. The van der Waals surface area contributed by atoms with Crippen molar-refractivity contribution in [3.8, 4) is 5.75 Å². The molecular weight excluding hydrogens is 271 g/mol. The maximum atomic E-state index is 12.9. The van der Waals surface area contributed by atoms with Gasteiger partial charge in [-0.2, -0.15) is 0 Å². The van der Waals surface area contributed by atoms with Gasteiger partial charge in [-0.15, -0.1) is 0 Å². The lowest BCUT2D eigenvalue weighted by Gasteiger charge is -2.14. The minimum Gasteiger partial charge on any atom is -0.485 e. The molecule has 20 heavy (non-hydrogen) atoms. The Morgan fingerprint density at radius 1 is 1.60 bits per heavy atom. The van der Waals surface area contributed by atoms with E-state index in [0.717, 1.165) is 24.6 Å². The zero-order chi connectivity index (χ0) is 15.1. The highest BCUT2D eigenvalue weighted by atomic mass is 19.1. The second-order valence-corrected chi connectivity index (χ2v) is 4.03. The van der Waals surface area contributed by atoms with Gasteiger partial charge in [-0.25, -0.2) is 4.39 Å². The molecule has 0 radical (unpaired) electrons. The molecule has 0 aliphatic rings. The molecule has 1 unspecified atom stereocenters. The normalized spacial score (nSPS) is 11.9. The molecule has 0 fully saturated rings. The van der Waals surface area contributed by atoms with Crippen LogP contribution < -0.4 is 10.1 Å². The lowest BCUT2D eigenvalue weighted by molar-refractivity contribution is -0.386. The minimum absolute atomic E-state index is 0.166. The number of rotatable bonds is 8.